The van der Waals surface area contributed by atoms with E-state index in [2.05, 4.69) is 36.4 Å². The lowest BCUT2D eigenvalue weighted by molar-refractivity contribution is -0.138. The Morgan fingerprint density at radius 2 is 1.69 bits per heavy atom. The number of alkyl carbamates (subject to hydrolysis) is 1. The van der Waals surface area contributed by atoms with E-state index in [0.717, 1.165) is 5.92 Å². The van der Waals surface area contributed by atoms with Crippen molar-refractivity contribution in [2.75, 3.05) is 13.1 Å². The first-order valence-electron chi connectivity index (χ1n) is 13.2. The summed E-state index contributed by atoms with van der Waals surface area (Å²) in [7, 11) is 0. The molecule has 1 fully saturated rings. The highest BCUT2D eigenvalue weighted by Gasteiger charge is 2.35. The highest BCUT2D eigenvalue weighted by molar-refractivity contribution is 5.90. The highest BCUT2D eigenvalue weighted by atomic mass is 19.1. The maximum absolute atomic E-state index is 14.0. The fourth-order valence-corrected chi connectivity index (χ4v) is 3.87. The largest absolute Gasteiger partial charge is 0.444 e. The Kier molecular flexibility index (Phi) is 11.4. The van der Waals surface area contributed by atoms with Gasteiger partial charge in [-0.3, -0.25) is 14.6 Å². The summed E-state index contributed by atoms with van der Waals surface area (Å²) in [5.41, 5.74) is -0.0628. The summed E-state index contributed by atoms with van der Waals surface area (Å²) in [4.78, 5) is 43.0. The van der Waals surface area contributed by atoms with Crippen LogP contribution in [0.25, 0.3) is 11.1 Å². The molecule has 0 bridgehead atoms. The van der Waals surface area contributed by atoms with E-state index < -0.39 is 35.4 Å². The van der Waals surface area contributed by atoms with Crippen molar-refractivity contribution in [3.05, 3.63) is 53.9 Å². The number of carbonyl (C=O) groups is 3. The summed E-state index contributed by atoms with van der Waals surface area (Å²) in [5, 5.41) is 5.27. The summed E-state index contributed by atoms with van der Waals surface area (Å²) in [6.07, 6.45) is 1.80. The minimum atomic E-state index is -0.704. The van der Waals surface area contributed by atoms with E-state index in [-0.39, 0.29) is 29.5 Å². The van der Waals surface area contributed by atoms with Crippen molar-refractivity contribution in [3.63, 3.8) is 0 Å². The molecule has 2 atom stereocenters. The normalized spacial score (nSPS) is 15.7. The molecule has 39 heavy (non-hydrogen) atoms. The van der Waals surface area contributed by atoms with Gasteiger partial charge in [-0.05, 0) is 64.7 Å². The number of pyridine rings is 1. The van der Waals surface area contributed by atoms with Gasteiger partial charge in [0.25, 0.3) is 0 Å². The van der Waals surface area contributed by atoms with Gasteiger partial charge in [-0.2, -0.15) is 0 Å². The monoisotopic (exact) mass is 546 g/mol. The van der Waals surface area contributed by atoms with Gasteiger partial charge < -0.3 is 20.3 Å². The molecule has 10 heteroatoms. The number of likely N-dealkylation sites (tertiary alicyclic amines) is 1. The Hall–Kier alpha value is -3.56. The van der Waals surface area contributed by atoms with Crippen LogP contribution in [0.15, 0.2) is 36.5 Å². The van der Waals surface area contributed by atoms with Gasteiger partial charge in [0.15, 0.2) is 0 Å². The summed E-state index contributed by atoms with van der Waals surface area (Å²) < 4.78 is 33.2. The summed E-state index contributed by atoms with van der Waals surface area (Å²) in [6, 6.07) is 5.60. The smallest absolute Gasteiger partial charge is 0.408 e. The Balaban J connectivity index is 0.00000124. The zero-order valence-electron chi connectivity index (χ0n) is 23.8. The summed E-state index contributed by atoms with van der Waals surface area (Å²) >= 11 is 0. The van der Waals surface area contributed by atoms with Gasteiger partial charge >= 0.3 is 6.09 Å². The number of hydrogen-bond donors (Lipinski definition) is 2. The van der Waals surface area contributed by atoms with Crippen LogP contribution in [-0.2, 0) is 14.3 Å². The van der Waals surface area contributed by atoms with E-state index in [1.807, 2.05) is 0 Å². The molecule has 0 radical (unpaired) electrons. The van der Waals surface area contributed by atoms with Gasteiger partial charge in [0.1, 0.15) is 29.8 Å². The number of benzene rings is 1. The molecule has 1 aromatic carbocycles. The average Bonchev–Trinajstić information content (AvgIpc) is 3.32. The van der Waals surface area contributed by atoms with Crippen molar-refractivity contribution in [2.24, 2.45) is 5.92 Å². The molecule has 0 saturated carbocycles. The maximum Gasteiger partial charge on any atom is 0.408 e. The van der Waals surface area contributed by atoms with E-state index in [1.54, 1.807) is 39.8 Å². The van der Waals surface area contributed by atoms with Crippen LogP contribution >= 0.6 is 0 Å². The molecule has 0 spiro atoms. The summed E-state index contributed by atoms with van der Waals surface area (Å²) in [6.45, 7) is 13.5. The molecule has 0 unspecified atom stereocenters. The second kappa shape index (κ2) is 14.0. The first-order valence-corrected chi connectivity index (χ1v) is 13.2. The molecule has 3 rings (SSSR count). The van der Waals surface area contributed by atoms with Crippen LogP contribution in [0.3, 0.4) is 0 Å². The molecular formula is C29H40F2N4O4. The van der Waals surface area contributed by atoms with Crippen LogP contribution in [0.2, 0.25) is 0 Å². The minimum absolute atomic E-state index is 0.164. The molecule has 1 aliphatic heterocycles. The van der Waals surface area contributed by atoms with Gasteiger partial charge in [0.05, 0.1) is 17.3 Å². The van der Waals surface area contributed by atoms with Crippen LogP contribution in [0.4, 0.5) is 13.6 Å². The molecule has 1 saturated heterocycles. The molecule has 3 amide bonds. The van der Waals surface area contributed by atoms with Crippen molar-refractivity contribution < 1.29 is 27.9 Å². The SMILES string of the molecule is CC(C)C.C[C@H](NC(=O)[C@@H]1CCCN1C(=O)CNC(=O)OC(C)(C)C)c1ccc(-c2c(F)cccc2F)cn1. The average molecular weight is 547 g/mol. The van der Waals surface area contributed by atoms with Crippen LogP contribution in [-0.4, -0.2) is 52.5 Å². The molecule has 1 aliphatic rings. The molecule has 0 aliphatic carbocycles. The molecular weight excluding hydrogens is 506 g/mol. The van der Waals surface area contributed by atoms with Crippen molar-refractivity contribution in [2.45, 2.75) is 79.0 Å². The number of hydrogen-bond acceptors (Lipinski definition) is 5. The number of halogens is 2. The van der Waals surface area contributed by atoms with Crippen LogP contribution in [0.1, 0.15) is 73.0 Å². The predicted octanol–water partition coefficient (Wildman–Crippen LogP) is 5.38. The number of amides is 3. The molecule has 8 nitrogen and oxygen atoms in total. The van der Waals surface area contributed by atoms with Crippen molar-refractivity contribution >= 4 is 17.9 Å². The van der Waals surface area contributed by atoms with E-state index in [1.165, 1.54) is 29.3 Å². The second-order valence-electron chi connectivity index (χ2n) is 11.1. The van der Waals surface area contributed by atoms with Gasteiger partial charge in [-0.25, -0.2) is 13.6 Å². The third kappa shape index (κ3) is 9.92. The van der Waals surface area contributed by atoms with Crippen molar-refractivity contribution in [3.8, 4) is 11.1 Å². The summed E-state index contributed by atoms with van der Waals surface area (Å²) in [5.74, 6) is -1.26. The molecule has 2 heterocycles. The fourth-order valence-electron chi connectivity index (χ4n) is 3.87. The lowest BCUT2D eigenvalue weighted by Crippen LogP contribution is -2.49. The number of nitrogens with one attached hydrogen (secondary N) is 2. The van der Waals surface area contributed by atoms with Gasteiger partial charge in [0, 0.05) is 18.3 Å². The lowest BCUT2D eigenvalue weighted by atomic mass is 10.1. The van der Waals surface area contributed by atoms with Crippen LogP contribution in [0, 0.1) is 17.6 Å². The first-order chi connectivity index (χ1) is 18.2. The van der Waals surface area contributed by atoms with E-state index in [4.69, 9.17) is 4.74 Å². The quantitative estimate of drug-likeness (QED) is 0.507. The first kappa shape index (κ1) is 31.7. The van der Waals surface area contributed by atoms with Crippen molar-refractivity contribution in [1.29, 1.82) is 0 Å². The Bertz CT molecular complexity index is 1110. The number of rotatable bonds is 6. The Morgan fingerprint density at radius 1 is 1.08 bits per heavy atom. The maximum atomic E-state index is 14.0. The van der Waals surface area contributed by atoms with Gasteiger partial charge in [-0.1, -0.05) is 32.9 Å². The van der Waals surface area contributed by atoms with Gasteiger partial charge in [0.2, 0.25) is 11.8 Å². The topological polar surface area (TPSA) is 101 Å². The third-order valence-electron chi connectivity index (χ3n) is 5.50. The minimum Gasteiger partial charge on any atom is -0.444 e. The predicted molar refractivity (Wildman–Crippen MR) is 146 cm³/mol. The highest BCUT2D eigenvalue weighted by Crippen LogP contribution is 2.26. The number of nitrogens with zero attached hydrogens (tertiary/aromatic N) is 2. The van der Waals surface area contributed by atoms with E-state index >= 15 is 0 Å². The zero-order valence-corrected chi connectivity index (χ0v) is 23.8. The standard InChI is InChI=1S/C25H30F2N4O4.C4H10/c1-15(19-11-10-16(13-28-19)22-17(26)7-5-8-18(22)27)30-23(33)20-9-6-12-31(20)21(32)14-29-24(34)35-25(2,3)4;1-4(2)3/h5,7-8,10-11,13,15,20H,6,9,12,14H2,1-4H3,(H,29,34)(H,30,33);4H,1-3H3/t15-,20-;/m0./s1. The van der Waals surface area contributed by atoms with Crippen LogP contribution in [0.5, 0.6) is 0 Å². The Labute approximate surface area is 229 Å². The Morgan fingerprint density at radius 3 is 2.23 bits per heavy atom. The zero-order chi connectivity index (χ0) is 29.3. The van der Waals surface area contributed by atoms with E-state index in [9.17, 15) is 23.2 Å². The number of aromatic nitrogens is 1. The fraction of sp³-hybridized carbons (Fsp3) is 0.517. The lowest BCUT2D eigenvalue weighted by Gasteiger charge is -2.26. The molecule has 2 N–H and O–H groups in total. The van der Waals surface area contributed by atoms with Crippen molar-refractivity contribution in [1.82, 2.24) is 20.5 Å². The second-order valence-corrected chi connectivity index (χ2v) is 11.1. The van der Waals surface area contributed by atoms with Crippen LogP contribution < -0.4 is 10.6 Å². The molecule has 1 aromatic heterocycles. The molecule has 214 valence electrons. The third-order valence-corrected chi connectivity index (χ3v) is 5.50. The number of carbonyl (C=O) groups excluding carboxylic acids is 3. The van der Waals surface area contributed by atoms with E-state index in [0.29, 0.717) is 25.1 Å². The van der Waals surface area contributed by atoms with Gasteiger partial charge in [-0.15, -0.1) is 0 Å². The molecule has 2 aromatic rings. The number of ether oxygens (including phenoxy) is 1.